The van der Waals surface area contributed by atoms with Gasteiger partial charge in [-0.15, -0.1) is 0 Å². The van der Waals surface area contributed by atoms with Crippen LogP contribution in [0.2, 0.25) is 0 Å². The monoisotopic (exact) mass is 232 g/mol. The molecular formula is C10H20N2O2S. The highest BCUT2D eigenvalue weighted by Gasteiger charge is 2.24. The summed E-state index contributed by atoms with van der Waals surface area (Å²) in [6.45, 7) is 3.28. The van der Waals surface area contributed by atoms with E-state index in [4.69, 9.17) is 0 Å². The van der Waals surface area contributed by atoms with Gasteiger partial charge in [-0.05, 0) is 44.8 Å². The average Bonchev–Trinajstić information content (AvgIpc) is 2.69. The summed E-state index contributed by atoms with van der Waals surface area (Å²) >= 11 is 0. The van der Waals surface area contributed by atoms with Crippen LogP contribution in [0.5, 0.6) is 0 Å². The van der Waals surface area contributed by atoms with Crippen LogP contribution >= 0.6 is 0 Å². The maximum atomic E-state index is 11.2. The molecule has 2 N–H and O–H groups in total. The van der Waals surface area contributed by atoms with E-state index in [2.05, 4.69) is 10.6 Å². The zero-order chi connectivity index (χ0) is 10.7. The van der Waals surface area contributed by atoms with Gasteiger partial charge in [0.05, 0.1) is 11.5 Å². The van der Waals surface area contributed by atoms with E-state index in [0.717, 1.165) is 38.4 Å². The van der Waals surface area contributed by atoms with Gasteiger partial charge in [0.2, 0.25) is 0 Å². The van der Waals surface area contributed by atoms with Crippen LogP contribution in [0.15, 0.2) is 0 Å². The van der Waals surface area contributed by atoms with E-state index in [1.54, 1.807) is 0 Å². The van der Waals surface area contributed by atoms with Gasteiger partial charge in [-0.1, -0.05) is 0 Å². The van der Waals surface area contributed by atoms with Gasteiger partial charge in [0, 0.05) is 6.04 Å². The molecule has 0 aromatic heterocycles. The lowest BCUT2D eigenvalue weighted by atomic mass is 10.1. The molecule has 2 fully saturated rings. The fourth-order valence-corrected chi connectivity index (χ4v) is 3.81. The summed E-state index contributed by atoms with van der Waals surface area (Å²) in [5.41, 5.74) is 0. The first-order valence-corrected chi connectivity index (χ1v) is 7.62. The summed E-state index contributed by atoms with van der Waals surface area (Å²) in [4.78, 5) is 0. The first-order valence-electron chi connectivity index (χ1n) is 5.80. The molecule has 2 heterocycles. The van der Waals surface area contributed by atoms with Crippen LogP contribution in [-0.4, -0.2) is 45.6 Å². The van der Waals surface area contributed by atoms with E-state index in [1.807, 2.05) is 0 Å². The van der Waals surface area contributed by atoms with Crippen molar-refractivity contribution in [2.24, 2.45) is 5.92 Å². The van der Waals surface area contributed by atoms with Crippen LogP contribution in [0.1, 0.15) is 19.3 Å². The van der Waals surface area contributed by atoms with Crippen molar-refractivity contribution in [1.82, 2.24) is 10.6 Å². The molecule has 0 aromatic rings. The van der Waals surface area contributed by atoms with Gasteiger partial charge in [0.15, 0.2) is 0 Å². The van der Waals surface area contributed by atoms with Crippen molar-refractivity contribution >= 4 is 9.84 Å². The third-order valence-corrected chi connectivity index (χ3v) is 5.13. The van der Waals surface area contributed by atoms with Crippen molar-refractivity contribution in [2.45, 2.75) is 25.3 Å². The van der Waals surface area contributed by atoms with Crippen LogP contribution in [0.25, 0.3) is 0 Å². The van der Waals surface area contributed by atoms with Crippen LogP contribution in [-0.2, 0) is 9.84 Å². The molecule has 1 atom stereocenters. The molecule has 2 saturated heterocycles. The molecular weight excluding hydrogens is 212 g/mol. The second-order valence-electron chi connectivity index (χ2n) is 4.69. The van der Waals surface area contributed by atoms with Gasteiger partial charge in [-0.3, -0.25) is 0 Å². The maximum Gasteiger partial charge on any atom is 0.150 e. The van der Waals surface area contributed by atoms with Crippen molar-refractivity contribution in [3.05, 3.63) is 0 Å². The Morgan fingerprint density at radius 2 is 1.93 bits per heavy atom. The molecule has 4 nitrogen and oxygen atoms in total. The van der Waals surface area contributed by atoms with Gasteiger partial charge < -0.3 is 10.6 Å². The van der Waals surface area contributed by atoms with Crippen LogP contribution in [0.3, 0.4) is 0 Å². The molecule has 0 saturated carbocycles. The molecule has 0 radical (unpaired) electrons. The van der Waals surface area contributed by atoms with Gasteiger partial charge in [0.25, 0.3) is 0 Å². The number of nitrogens with one attached hydrogen (secondary N) is 2. The quantitative estimate of drug-likeness (QED) is 0.705. The van der Waals surface area contributed by atoms with Gasteiger partial charge >= 0.3 is 0 Å². The molecule has 2 rings (SSSR count). The lowest BCUT2D eigenvalue weighted by Gasteiger charge is -2.24. The van der Waals surface area contributed by atoms with Crippen molar-refractivity contribution in [3.63, 3.8) is 0 Å². The lowest BCUT2D eigenvalue weighted by Crippen LogP contribution is -2.40. The lowest BCUT2D eigenvalue weighted by molar-refractivity contribution is 0.417. The molecule has 2 aliphatic heterocycles. The minimum absolute atomic E-state index is 0.369. The smallest absolute Gasteiger partial charge is 0.150 e. The van der Waals surface area contributed by atoms with E-state index < -0.39 is 9.84 Å². The number of hydrogen-bond acceptors (Lipinski definition) is 4. The first kappa shape index (κ1) is 11.4. The van der Waals surface area contributed by atoms with Gasteiger partial charge in [0.1, 0.15) is 9.84 Å². The van der Waals surface area contributed by atoms with E-state index in [1.165, 1.54) is 6.42 Å². The molecule has 0 bridgehead atoms. The normalized spacial score (nSPS) is 31.9. The predicted octanol–water partition coefficient (Wildman–Crippen LogP) is -0.237. The SMILES string of the molecule is O=S1(=O)CCC(NCC2CCNC2)CC1. The highest BCUT2D eigenvalue weighted by molar-refractivity contribution is 7.91. The number of sulfone groups is 1. The van der Waals surface area contributed by atoms with Crippen LogP contribution in [0, 0.1) is 5.92 Å². The standard InChI is InChI=1S/C10H20N2O2S/c13-15(14)5-2-10(3-6-15)12-8-9-1-4-11-7-9/h9-12H,1-8H2. The minimum atomic E-state index is -2.71. The van der Waals surface area contributed by atoms with E-state index in [9.17, 15) is 8.42 Å². The molecule has 15 heavy (non-hydrogen) atoms. The zero-order valence-electron chi connectivity index (χ0n) is 9.04. The first-order chi connectivity index (χ1) is 7.16. The Labute approximate surface area is 91.7 Å². The largest absolute Gasteiger partial charge is 0.316 e. The third kappa shape index (κ3) is 3.43. The Kier molecular flexibility index (Phi) is 3.64. The third-order valence-electron chi connectivity index (χ3n) is 3.41. The maximum absolute atomic E-state index is 11.2. The second-order valence-corrected chi connectivity index (χ2v) is 7.00. The second kappa shape index (κ2) is 4.80. The zero-order valence-corrected chi connectivity index (χ0v) is 9.85. The molecule has 88 valence electrons. The van der Waals surface area contributed by atoms with Crippen molar-refractivity contribution < 1.29 is 8.42 Å². The summed E-state index contributed by atoms with van der Waals surface area (Å²) in [6, 6.07) is 0.425. The van der Waals surface area contributed by atoms with Gasteiger partial charge in [-0.2, -0.15) is 0 Å². The Morgan fingerprint density at radius 1 is 1.20 bits per heavy atom. The molecule has 2 aliphatic rings. The van der Waals surface area contributed by atoms with E-state index in [0.29, 0.717) is 17.5 Å². The summed E-state index contributed by atoms with van der Waals surface area (Å²) in [7, 11) is -2.71. The van der Waals surface area contributed by atoms with E-state index >= 15 is 0 Å². The predicted molar refractivity (Wildman–Crippen MR) is 60.7 cm³/mol. The van der Waals surface area contributed by atoms with Crippen molar-refractivity contribution in [3.8, 4) is 0 Å². The fraction of sp³-hybridized carbons (Fsp3) is 1.00. The molecule has 5 heteroatoms. The molecule has 0 aromatic carbocycles. The Bertz CT molecular complexity index is 283. The Balaban J connectivity index is 1.68. The summed E-state index contributed by atoms with van der Waals surface area (Å²) in [5, 5.41) is 6.83. The average molecular weight is 232 g/mol. The molecule has 0 aliphatic carbocycles. The number of rotatable bonds is 3. The molecule has 1 unspecified atom stereocenters. The topological polar surface area (TPSA) is 58.2 Å². The summed E-state index contributed by atoms with van der Waals surface area (Å²) in [6.07, 6.45) is 2.84. The molecule has 0 amide bonds. The highest BCUT2D eigenvalue weighted by Crippen LogP contribution is 2.13. The number of hydrogen-bond donors (Lipinski definition) is 2. The Morgan fingerprint density at radius 3 is 2.53 bits per heavy atom. The van der Waals surface area contributed by atoms with Crippen LogP contribution in [0.4, 0.5) is 0 Å². The fourth-order valence-electron chi connectivity index (χ4n) is 2.32. The minimum Gasteiger partial charge on any atom is -0.316 e. The summed E-state index contributed by atoms with van der Waals surface area (Å²) in [5.74, 6) is 1.48. The van der Waals surface area contributed by atoms with E-state index in [-0.39, 0.29) is 0 Å². The Hall–Kier alpha value is -0.130. The molecule has 0 spiro atoms. The van der Waals surface area contributed by atoms with Gasteiger partial charge in [-0.25, -0.2) is 8.42 Å². The highest BCUT2D eigenvalue weighted by atomic mass is 32.2. The van der Waals surface area contributed by atoms with Crippen molar-refractivity contribution in [1.29, 1.82) is 0 Å². The van der Waals surface area contributed by atoms with Crippen molar-refractivity contribution in [2.75, 3.05) is 31.1 Å². The van der Waals surface area contributed by atoms with Crippen LogP contribution < -0.4 is 10.6 Å². The summed E-state index contributed by atoms with van der Waals surface area (Å²) < 4.78 is 22.4.